The summed E-state index contributed by atoms with van der Waals surface area (Å²) in [5.41, 5.74) is 2.72. The number of aromatic nitrogens is 2. The number of pyridine rings is 1. The summed E-state index contributed by atoms with van der Waals surface area (Å²) in [5.74, 6) is 0.904. The first-order valence-electron chi connectivity index (χ1n) is 10.5. The van der Waals surface area contributed by atoms with Crippen molar-refractivity contribution < 1.29 is 13.9 Å². The highest BCUT2D eigenvalue weighted by Gasteiger charge is 2.43. The van der Waals surface area contributed by atoms with Gasteiger partial charge < -0.3 is 14.1 Å². The minimum Gasteiger partial charge on any atom is -0.464 e. The summed E-state index contributed by atoms with van der Waals surface area (Å²) in [7, 11) is 0. The molecule has 2 bridgehead atoms. The number of hydrogen-bond donors (Lipinski definition) is 0. The van der Waals surface area contributed by atoms with Gasteiger partial charge in [-0.3, -0.25) is 9.69 Å². The van der Waals surface area contributed by atoms with E-state index in [0.717, 1.165) is 48.1 Å². The lowest BCUT2D eigenvalue weighted by Gasteiger charge is -2.33. The number of amides is 1. The van der Waals surface area contributed by atoms with E-state index in [4.69, 9.17) is 9.15 Å². The van der Waals surface area contributed by atoms with Crippen LogP contribution in [0.4, 0.5) is 0 Å². The number of furan rings is 1. The Labute approximate surface area is 183 Å². The Hall–Kier alpha value is -2.97. The fraction of sp³-hybridized carbons (Fsp3) is 0.348. The molecule has 2 saturated heterocycles. The van der Waals surface area contributed by atoms with Crippen molar-refractivity contribution >= 4 is 38.6 Å². The molecule has 0 aliphatic carbocycles. The second-order valence-electron chi connectivity index (χ2n) is 8.29. The number of nitrogens with zero attached hydrogens (tertiary/aromatic N) is 4. The van der Waals surface area contributed by atoms with Crippen molar-refractivity contribution in [1.82, 2.24) is 19.8 Å². The molecule has 0 spiro atoms. The molecule has 0 saturated carbocycles. The first-order chi connectivity index (χ1) is 15.1. The van der Waals surface area contributed by atoms with E-state index in [-0.39, 0.29) is 5.91 Å². The second-order valence-corrected chi connectivity index (χ2v) is 9.28. The Morgan fingerprint density at radius 3 is 3.03 bits per heavy atom. The van der Waals surface area contributed by atoms with Gasteiger partial charge in [-0.2, -0.15) is 4.98 Å². The van der Waals surface area contributed by atoms with Gasteiger partial charge in [-0.25, -0.2) is 4.98 Å². The zero-order valence-electron chi connectivity index (χ0n) is 17.2. The Morgan fingerprint density at radius 1 is 1.29 bits per heavy atom. The van der Waals surface area contributed by atoms with Crippen molar-refractivity contribution in [2.24, 2.45) is 0 Å². The number of carbonyl (C=O) groups is 1. The molecule has 2 aliphatic heterocycles. The maximum absolute atomic E-state index is 11.7. The van der Waals surface area contributed by atoms with Gasteiger partial charge in [-0.05, 0) is 42.7 Å². The number of benzene rings is 1. The molecular formula is C23H22N4O3S. The maximum atomic E-state index is 11.7. The molecule has 2 fully saturated rings. The van der Waals surface area contributed by atoms with E-state index in [2.05, 4.69) is 20.9 Å². The smallest absolute Gasteiger partial charge is 0.281 e. The highest BCUT2D eigenvalue weighted by atomic mass is 32.1. The summed E-state index contributed by atoms with van der Waals surface area (Å²) in [5, 5.41) is 1.69. The molecule has 7 nitrogen and oxygen atoms in total. The predicted octanol–water partition coefficient (Wildman–Crippen LogP) is 4.08. The quantitative estimate of drug-likeness (QED) is 0.471. The van der Waals surface area contributed by atoms with Gasteiger partial charge in [0, 0.05) is 56.3 Å². The zero-order chi connectivity index (χ0) is 20.9. The van der Waals surface area contributed by atoms with Crippen LogP contribution < -0.4 is 4.74 Å². The lowest BCUT2D eigenvalue weighted by atomic mass is 10.1. The van der Waals surface area contributed by atoms with Crippen molar-refractivity contribution in [3.8, 4) is 10.9 Å². The summed E-state index contributed by atoms with van der Waals surface area (Å²) in [4.78, 5) is 24.9. The molecule has 1 amide bonds. The van der Waals surface area contributed by atoms with Gasteiger partial charge in [0.05, 0.1) is 11.0 Å². The van der Waals surface area contributed by atoms with Crippen LogP contribution in [-0.4, -0.2) is 57.4 Å². The summed E-state index contributed by atoms with van der Waals surface area (Å²) < 4.78 is 12.8. The third-order valence-corrected chi connectivity index (χ3v) is 7.29. The number of thiazole rings is 1. The Kier molecular flexibility index (Phi) is 4.43. The van der Waals surface area contributed by atoms with Gasteiger partial charge in [0.1, 0.15) is 11.3 Å². The van der Waals surface area contributed by atoms with Crippen LogP contribution in [0.3, 0.4) is 0 Å². The van der Waals surface area contributed by atoms with Crippen molar-refractivity contribution in [2.45, 2.75) is 31.8 Å². The molecule has 2 atom stereocenters. The highest BCUT2D eigenvalue weighted by Crippen LogP contribution is 2.34. The summed E-state index contributed by atoms with van der Waals surface area (Å²) in [6.07, 6.45) is 5.62. The van der Waals surface area contributed by atoms with E-state index in [1.165, 1.54) is 16.9 Å². The van der Waals surface area contributed by atoms with Crippen LogP contribution in [0, 0.1) is 0 Å². The van der Waals surface area contributed by atoms with Crippen LogP contribution in [0.15, 0.2) is 47.2 Å². The predicted molar refractivity (Wildman–Crippen MR) is 119 cm³/mol. The fourth-order valence-electron chi connectivity index (χ4n) is 4.89. The number of fused-ring (bicyclic) bond motifs is 4. The van der Waals surface area contributed by atoms with Crippen LogP contribution in [0.1, 0.15) is 18.9 Å². The van der Waals surface area contributed by atoms with Crippen LogP contribution in [0.5, 0.6) is 10.9 Å². The molecule has 8 heteroatoms. The van der Waals surface area contributed by atoms with Crippen LogP contribution in [0.25, 0.3) is 21.3 Å². The highest BCUT2D eigenvalue weighted by molar-refractivity contribution is 7.20. The SMILES string of the molecule is CC(=O)N1CC2CC1CN2CCc1coc2cc(Oc3nc4ncccc4s3)ccc12. The Bertz CT molecular complexity index is 1250. The van der Waals surface area contributed by atoms with Crippen molar-refractivity contribution in [1.29, 1.82) is 0 Å². The molecule has 6 rings (SSSR count). The Balaban J connectivity index is 1.14. The number of piperazine rings is 1. The molecule has 2 unspecified atom stereocenters. The van der Waals surface area contributed by atoms with Crippen LogP contribution in [-0.2, 0) is 11.2 Å². The van der Waals surface area contributed by atoms with Crippen LogP contribution in [0.2, 0.25) is 0 Å². The first kappa shape index (κ1) is 18.8. The number of ether oxygens (including phenoxy) is 1. The standard InChI is InChI=1S/C23H22N4O3S/c1-14(28)27-12-16-9-17(27)11-26(16)8-6-15-13-29-20-10-18(4-5-19(15)20)30-23-25-22-21(31-23)3-2-7-24-22/h2-5,7,10,13,16-17H,6,8-9,11-12H2,1H3. The summed E-state index contributed by atoms with van der Waals surface area (Å²) in [6, 6.07) is 10.7. The third kappa shape index (κ3) is 3.36. The Morgan fingerprint density at radius 2 is 2.23 bits per heavy atom. The molecule has 5 heterocycles. The zero-order valence-corrected chi connectivity index (χ0v) is 18.0. The number of carbonyl (C=O) groups excluding carboxylic acids is 1. The molecule has 0 N–H and O–H groups in total. The molecule has 2 aliphatic rings. The third-order valence-electron chi connectivity index (χ3n) is 6.40. The van der Waals surface area contributed by atoms with Gasteiger partial charge in [-0.15, -0.1) is 0 Å². The average Bonchev–Trinajstić information content (AvgIpc) is 3.53. The second kappa shape index (κ2) is 7.32. The maximum Gasteiger partial charge on any atom is 0.281 e. The summed E-state index contributed by atoms with van der Waals surface area (Å²) in [6.45, 7) is 4.51. The van der Waals surface area contributed by atoms with E-state index in [1.807, 2.05) is 35.4 Å². The van der Waals surface area contributed by atoms with Gasteiger partial charge >= 0.3 is 0 Å². The van der Waals surface area contributed by atoms with Crippen molar-refractivity contribution in [3.63, 3.8) is 0 Å². The lowest BCUT2D eigenvalue weighted by Crippen LogP contribution is -2.48. The van der Waals surface area contributed by atoms with Crippen molar-refractivity contribution in [3.05, 3.63) is 48.4 Å². The largest absolute Gasteiger partial charge is 0.464 e. The van der Waals surface area contributed by atoms with E-state index < -0.39 is 0 Å². The van der Waals surface area contributed by atoms with Gasteiger partial charge in [-0.1, -0.05) is 11.3 Å². The molecular weight excluding hydrogens is 412 g/mol. The molecule has 31 heavy (non-hydrogen) atoms. The molecule has 3 aromatic heterocycles. The topological polar surface area (TPSA) is 71.7 Å². The van der Waals surface area contributed by atoms with E-state index in [0.29, 0.717) is 28.7 Å². The minimum atomic E-state index is 0.202. The van der Waals surface area contributed by atoms with Gasteiger partial charge in [0.2, 0.25) is 5.91 Å². The van der Waals surface area contributed by atoms with Gasteiger partial charge in [0.15, 0.2) is 5.65 Å². The monoisotopic (exact) mass is 434 g/mol. The normalized spacial score (nSPS) is 20.9. The molecule has 0 radical (unpaired) electrons. The van der Waals surface area contributed by atoms with Crippen molar-refractivity contribution in [2.75, 3.05) is 19.6 Å². The summed E-state index contributed by atoms with van der Waals surface area (Å²) >= 11 is 1.48. The van der Waals surface area contributed by atoms with E-state index in [1.54, 1.807) is 13.1 Å². The molecule has 4 aromatic rings. The molecule has 1 aromatic carbocycles. The van der Waals surface area contributed by atoms with Crippen LogP contribution >= 0.6 is 11.3 Å². The number of rotatable bonds is 5. The number of likely N-dealkylation sites (tertiary alicyclic amines) is 2. The number of hydrogen-bond acceptors (Lipinski definition) is 7. The lowest BCUT2D eigenvalue weighted by molar-refractivity contribution is -0.131. The molecule has 158 valence electrons. The minimum absolute atomic E-state index is 0.202. The fourth-order valence-corrected chi connectivity index (χ4v) is 5.68. The first-order valence-corrected chi connectivity index (χ1v) is 11.4. The van der Waals surface area contributed by atoms with E-state index >= 15 is 0 Å². The average molecular weight is 435 g/mol. The van der Waals surface area contributed by atoms with E-state index in [9.17, 15) is 4.79 Å². The van der Waals surface area contributed by atoms with Gasteiger partial charge in [0.25, 0.3) is 5.19 Å².